The Morgan fingerprint density at radius 3 is 2.71 bits per heavy atom. The van der Waals surface area contributed by atoms with Gasteiger partial charge in [-0.25, -0.2) is 4.79 Å². The first-order chi connectivity index (χ1) is 7.84. The van der Waals surface area contributed by atoms with Crippen LogP contribution in [0.3, 0.4) is 0 Å². The molecule has 17 heavy (non-hydrogen) atoms. The van der Waals surface area contributed by atoms with E-state index in [4.69, 9.17) is 21.2 Å². The Balaban J connectivity index is 1.82. The first kappa shape index (κ1) is 12.5. The molecular weight excluding hydrogens is 244 g/mol. The highest BCUT2D eigenvalue weighted by molar-refractivity contribution is 6.28. The number of halogens is 1. The number of hydrogen-bond acceptors (Lipinski definition) is 4. The summed E-state index contributed by atoms with van der Waals surface area (Å²) in [5.41, 5.74) is 0.0328. The van der Waals surface area contributed by atoms with Crippen LogP contribution in [-0.4, -0.2) is 46.9 Å². The van der Waals surface area contributed by atoms with Crippen molar-refractivity contribution in [3.8, 4) is 0 Å². The first-order valence-corrected chi connectivity index (χ1v) is 6.15. The van der Waals surface area contributed by atoms with E-state index in [9.17, 15) is 4.79 Å². The summed E-state index contributed by atoms with van der Waals surface area (Å²) in [5, 5.41) is 3.90. The van der Waals surface area contributed by atoms with Crippen molar-refractivity contribution in [2.75, 3.05) is 19.0 Å². The Hall–Kier alpha value is -0.970. The van der Waals surface area contributed by atoms with Crippen LogP contribution in [0.4, 0.5) is 4.79 Å². The van der Waals surface area contributed by atoms with Crippen molar-refractivity contribution in [1.29, 1.82) is 0 Å². The summed E-state index contributed by atoms with van der Waals surface area (Å²) in [6.45, 7) is 6.58. The van der Waals surface area contributed by atoms with Crippen LogP contribution in [0.1, 0.15) is 27.2 Å². The summed E-state index contributed by atoms with van der Waals surface area (Å²) in [4.78, 5) is 18.7. The Morgan fingerprint density at radius 1 is 1.59 bits per heavy atom. The summed E-state index contributed by atoms with van der Waals surface area (Å²) in [6.07, 6.45) is 0.404. The Morgan fingerprint density at radius 2 is 2.24 bits per heavy atom. The van der Waals surface area contributed by atoms with Crippen molar-refractivity contribution in [2.45, 2.75) is 38.4 Å². The maximum Gasteiger partial charge on any atom is 0.410 e. The summed E-state index contributed by atoms with van der Waals surface area (Å²) in [6, 6.07) is 0. The molecule has 1 saturated heterocycles. The Labute approximate surface area is 106 Å². The molecule has 0 radical (unpaired) electrons. The largest absolute Gasteiger partial charge is 0.444 e. The van der Waals surface area contributed by atoms with Crippen LogP contribution in [0.5, 0.6) is 0 Å². The summed E-state index contributed by atoms with van der Waals surface area (Å²) in [5.74, 6) is 0.383. The zero-order valence-electron chi connectivity index (χ0n) is 10.3. The molecule has 6 heteroatoms. The standard InChI is InChI=1S/C11H17ClN2O3/c1-10(2,3)16-9(15)14-6-11(7-14)4-8(5-12)13-17-11/h4-7H2,1-3H3. The molecule has 1 spiro atoms. The van der Waals surface area contributed by atoms with Crippen molar-refractivity contribution in [3.05, 3.63) is 0 Å². The molecule has 0 aromatic rings. The van der Waals surface area contributed by atoms with E-state index in [1.165, 1.54) is 0 Å². The van der Waals surface area contributed by atoms with Crippen molar-refractivity contribution < 1.29 is 14.4 Å². The molecule has 0 aromatic heterocycles. The zero-order chi connectivity index (χ0) is 12.7. The fraction of sp³-hybridized carbons (Fsp3) is 0.818. The van der Waals surface area contributed by atoms with Gasteiger partial charge < -0.3 is 9.57 Å². The highest BCUT2D eigenvalue weighted by Crippen LogP contribution is 2.34. The highest BCUT2D eigenvalue weighted by atomic mass is 35.5. The minimum Gasteiger partial charge on any atom is -0.444 e. The van der Waals surface area contributed by atoms with Gasteiger partial charge in [0.1, 0.15) is 5.60 Å². The second kappa shape index (κ2) is 4.05. The monoisotopic (exact) mass is 260 g/mol. The number of nitrogens with zero attached hydrogens (tertiary/aromatic N) is 2. The lowest BCUT2D eigenvalue weighted by Crippen LogP contribution is -2.64. The lowest BCUT2D eigenvalue weighted by molar-refractivity contribution is -0.122. The average molecular weight is 261 g/mol. The van der Waals surface area contributed by atoms with Gasteiger partial charge in [0.05, 0.1) is 24.7 Å². The van der Waals surface area contributed by atoms with Crippen molar-refractivity contribution in [2.24, 2.45) is 5.16 Å². The fourth-order valence-electron chi connectivity index (χ4n) is 1.94. The van der Waals surface area contributed by atoms with Crippen molar-refractivity contribution in [1.82, 2.24) is 4.90 Å². The third kappa shape index (κ3) is 2.65. The molecule has 0 bridgehead atoms. The molecule has 0 aliphatic carbocycles. The fourth-order valence-corrected chi connectivity index (χ4v) is 2.09. The second-order valence-corrected chi connectivity index (χ2v) is 5.85. The predicted octanol–water partition coefficient (Wildman–Crippen LogP) is 1.99. The second-order valence-electron chi connectivity index (χ2n) is 5.58. The van der Waals surface area contributed by atoms with Crippen LogP contribution in [0.25, 0.3) is 0 Å². The molecular formula is C11H17ClN2O3. The van der Waals surface area contributed by atoms with Crippen molar-refractivity contribution >= 4 is 23.4 Å². The quantitative estimate of drug-likeness (QED) is 0.678. The molecule has 2 rings (SSSR count). The summed E-state index contributed by atoms with van der Waals surface area (Å²) in [7, 11) is 0. The number of likely N-dealkylation sites (tertiary alicyclic amines) is 1. The van der Waals surface area contributed by atoms with Gasteiger partial charge in [-0.2, -0.15) is 0 Å². The molecule has 0 aromatic carbocycles. The van der Waals surface area contributed by atoms with Gasteiger partial charge in [0.15, 0.2) is 5.60 Å². The zero-order valence-corrected chi connectivity index (χ0v) is 11.1. The van der Waals surface area contributed by atoms with E-state index in [1.807, 2.05) is 20.8 Å². The van der Waals surface area contributed by atoms with Gasteiger partial charge in [-0.05, 0) is 20.8 Å². The van der Waals surface area contributed by atoms with E-state index >= 15 is 0 Å². The number of rotatable bonds is 1. The minimum absolute atomic E-state index is 0.300. The van der Waals surface area contributed by atoms with Gasteiger partial charge in [-0.1, -0.05) is 5.16 Å². The SMILES string of the molecule is CC(C)(C)OC(=O)N1CC2(CC(CCl)=NO2)C1. The lowest BCUT2D eigenvalue weighted by Gasteiger charge is -2.45. The molecule has 5 nitrogen and oxygen atoms in total. The molecule has 0 atom stereocenters. The summed E-state index contributed by atoms with van der Waals surface area (Å²) >= 11 is 5.69. The van der Waals surface area contributed by atoms with Gasteiger partial charge in [0, 0.05) is 6.42 Å². The molecule has 0 saturated carbocycles. The van der Waals surface area contributed by atoms with Crippen LogP contribution < -0.4 is 0 Å². The third-order valence-electron chi connectivity index (χ3n) is 2.66. The summed E-state index contributed by atoms with van der Waals surface area (Å²) < 4.78 is 5.27. The topological polar surface area (TPSA) is 51.1 Å². The highest BCUT2D eigenvalue weighted by Gasteiger charge is 2.52. The number of carbonyl (C=O) groups excluding carboxylic acids is 1. The maximum atomic E-state index is 11.7. The van der Waals surface area contributed by atoms with Crippen LogP contribution in [-0.2, 0) is 9.57 Å². The molecule has 1 fully saturated rings. The molecule has 1 amide bonds. The number of amides is 1. The van der Waals surface area contributed by atoms with E-state index in [1.54, 1.807) is 4.90 Å². The average Bonchev–Trinajstić information content (AvgIpc) is 2.56. The van der Waals surface area contributed by atoms with Crippen LogP contribution in [0, 0.1) is 0 Å². The Bertz CT molecular complexity index is 356. The van der Waals surface area contributed by atoms with Gasteiger partial charge in [-0.3, -0.25) is 4.90 Å². The van der Waals surface area contributed by atoms with Crippen LogP contribution in [0.2, 0.25) is 0 Å². The number of alkyl halides is 1. The van der Waals surface area contributed by atoms with E-state index in [2.05, 4.69) is 5.16 Å². The number of oxime groups is 1. The van der Waals surface area contributed by atoms with Gasteiger partial charge in [0.25, 0.3) is 0 Å². The maximum absolute atomic E-state index is 11.7. The first-order valence-electron chi connectivity index (χ1n) is 5.61. The van der Waals surface area contributed by atoms with Gasteiger partial charge in [-0.15, -0.1) is 11.6 Å². The minimum atomic E-state index is -0.464. The molecule has 2 aliphatic heterocycles. The van der Waals surface area contributed by atoms with Crippen LogP contribution >= 0.6 is 11.6 Å². The van der Waals surface area contributed by atoms with E-state index in [0.717, 1.165) is 5.71 Å². The van der Waals surface area contributed by atoms with Gasteiger partial charge >= 0.3 is 6.09 Å². The number of ether oxygens (including phenoxy) is 1. The molecule has 0 unspecified atom stereocenters. The number of carbonyl (C=O) groups is 1. The molecule has 0 N–H and O–H groups in total. The van der Waals surface area contributed by atoms with E-state index < -0.39 is 5.60 Å². The van der Waals surface area contributed by atoms with Crippen molar-refractivity contribution in [3.63, 3.8) is 0 Å². The van der Waals surface area contributed by atoms with Crippen LogP contribution in [0.15, 0.2) is 5.16 Å². The predicted molar refractivity (Wildman–Crippen MR) is 64.4 cm³/mol. The van der Waals surface area contributed by atoms with E-state index in [0.29, 0.717) is 25.4 Å². The normalized spacial score (nSPS) is 21.9. The number of hydrogen-bond donors (Lipinski definition) is 0. The molecule has 2 heterocycles. The Kier molecular flexibility index (Phi) is 2.97. The lowest BCUT2D eigenvalue weighted by atomic mass is 9.90. The smallest absolute Gasteiger partial charge is 0.410 e. The van der Waals surface area contributed by atoms with E-state index in [-0.39, 0.29) is 11.7 Å². The van der Waals surface area contributed by atoms with Gasteiger partial charge in [0.2, 0.25) is 0 Å². The molecule has 96 valence electrons. The third-order valence-corrected chi connectivity index (χ3v) is 2.97. The molecule has 2 aliphatic rings.